The Bertz CT molecular complexity index is 645. The van der Waals surface area contributed by atoms with Crippen LogP contribution in [0.25, 0.3) is 0 Å². The van der Waals surface area contributed by atoms with Gasteiger partial charge in [-0.3, -0.25) is 4.21 Å². The Morgan fingerprint density at radius 1 is 1.26 bits per heavy atom. The van der Waals surface area contributed by atoms with Crippen molar-refractivity contribution >= 4 is 44.0 Å². The highest BCUT2D eigenvalue weighted by Gasteiger charge is 2.11. The molecule has 0 saturated carbocycles. The van der Waals surface area contributed by atoms with E-state index >= 15 is 0 Å². The van der Waals surface area contributed by atoms with Gasteiger partial charge in [0.05, 0.1) is 21.4 Å². The van der Waals surface area contributed by atoms with Crippen molar-refractivity contribution in [3.63, 3.8) is 0 Å². The summed E-state index contributed by atoms with van der Waals surface area (Å²) in [4.78, 5) is 0.631. The van der Waals surface area contributed by atoms with E-state index in [0.29, 0.717) is 21.4 Å². The van der Waals surface area contributed by atoms with E-state index in [0.717, 1.165) is 15.6 Å². The molecule has 19 heavy (non-hydrogen) atoms. The van der Waals surface area contributed by atoms with E-state index in [9.17, 15) is 4.21 Å². The third kappa shape index (κ3) is 3.59. The van der Waals surface area contributed by atoms with Gasteiger partial charge in [0.2, 0.25) is 0 Å². The van der Waals surface area contributed by atoms with Crippen molar-refractivity contribution in [3.8, 4) is 0 Å². The van der Waals surface area contributed by atoms with E-state index in [-0.39, 0.29) is 0 Å². The standard InChI is InChI=1S/C14H13BrClNOS/c1-9-2-3-10(12(16)6-9)8-19(18)14-7-11(15)4-5-13(14)17/h2-7H,8,17H2,1H3. The molecule has 0 aliphatic rings. The van der Waals surface area contributed by atoms with Gasteiger partial charge in [-0.1, -0.05) is 39.7 Å². The molecule has 2 N–H and O–H groups in total. The molecule has 1 unspecified atom stereocenters. The molecule has 0 aliphatic carbocycles. The summed E-state index contributed by atoms with van der Waals surface area (Å²) in [6.45, 7) is 1.97. The van der Waals surface area contributed by atoms with Crippen molar-refractivity contribution in [3.05, 3.63) is 57.0 Å². The predicted molar refractivity (Wildman–Crippen MR) is 84.9 cm³/mol. The second-order valence-corrected chi connectivity index (χ2v) is 7.01. The molecule has 0 aliphatic heterocycles. The molecule has 0 aromatic heterocycles. The van der Waals surface area contributed by atoms with Crippen LogP contribution in [0.4, 0.5) is 5.69 Å². The molecular weight excluding hydrogens is 346 g/mol. The van der Waals surface area contributed by atoms with E-state index in [4.69, 9.17) is 17.3 Å². The zero-order valence-electron chi connectivity index (χ0n) is 10.3. The van der Waals surface area contributed by atoms with Gasteiger partial charge in [-0.15, -0.1) is 0 Å². The summed E-state index contributed by atoms with van der Waals surface area (Å²) in [6, 6.07) is 11.1. The number of anilines is 1. The van der Waals surface area contributed by atoms with Crippen LogP contribution >= 0.6 is 27.5 Å². The Morgan fingerprint density at radius 3 is 2.68 bits per heavy atom. The van der Waals surface area contributed by atoms with Gasteiger partial charge in [0.25, 0.3) is 0 Å². The van der Waals surface area contributed by atoms with Crippen molar-refractivity contribution in [2.45, 2.75) is 17.6 Å². The van der Waals surface area contributed by atoms with E-state index in [1.807, 2.05) is 31.2 Å². The summed E-state index contributed by atoms with van der Waals surface area (Å²) in [6.07, 6.45) is 0. The van der Waals surface area contributed by atoms with Crippen molar-refractivity contribution in [1.82, 2.24) is 0 Å². The summed E-state index contributed by atoms with van der Waals surface area (Å²) in [5.41, 5.74) is 8.34. The number of nitrogen functional groups attached to an aromatic ring is 1. The average molecular weight is 359 g/mol. The van der Waals surface area contributed by atoms with Crippen LogP contribution in [0.2, 0.25) is 5.02 Å². The molecule has 2 rings (SSSR count). The maximum absolute atomic E-state index is 12.4. The molecule has 5 heteroatoms. The molecule has 2 aromatic rings. The first-order chi connectivity index (χ1) is 8.97. The fourth-order valence-corrected chi connectivity index (χ4v) is 3.87. The normalized spacial score (nSPS) is 12.4. The molecule has 0 saturated heterocycles. The van der Waals surface area contributed by atoms with Crippen molar-refractivity contribution in [2.75, 3.05) is 5.73 Å². The van der Waals surface area contributed by atoms with Gasteiger partial charge in [-0.25, -0.2) is 0 Å². The van der Waals surface area contributed by atoms with Gasteiger partial charge < -0.3 is 5.73 Å². The molecule has 0 bridgehead atoms. The van der Waals surface area contributed by atoms with Crippen LogP contribution in [-0.2, 0) is 16.6 Å². The lowest BCUT2D eigenvalue weighted by Crippen LogP contribution is -2.01. The SMILES string of the molecule is Cc1ccc(CS(=O)c2cc(Br)ccc2N)c(Cl)c1. The van der Waals surface area contributed by atoms with Crippen molar-refractivity contribution in [1.29, 1.82) is 0 Å². The number of rotatable bonds is 3. The number of benzene rings is 2. The van der Waals surface area contributed by atoms with Gasteiger partial charge in [0.1, 0.15) is 0 Å². The lowest BCUT2D eigenvalue weighted by atomic mass is 10.2. The van der Waals surface area contributed by atoms with Gasteiger partial charge >= 0.3 is 0 Å². The van der Waals surface area contributed by atoms with Crippen LogP contribution in [-0.4, -0.2) is 4.21 Å². The molecule has 2 aromatic carbocycles. The van der Waals surface area contributed by atoms with Crippen LogP contribution < -0.4 is 5.73 Å². The van der Waals surface area contributed by atoms with Gasteiger partial charge in [-0.05, 0) is 42.3 Å². The second kappa shape index (κ2) is 6.07. The molecule has 100 valence electrons. The largest absolute Gasteiger partial charge is 0.398 e. The Kier molecular flexibility index (Phi) is 4.66. The zero-order chi connectivity index (χ0) is 14.0. The highest BCUT2D eigenvalue weighted by atomic mass is 79.9. The monoisotopic (exact) mass is 357 g/mol. The summed E-state index contributed by atoms with van der Waals surface area (Å²) in [7, 11) is -1.21. The van der Waals surface area contributed by atoms with E-state index in [1.54, 1.807) is 12.1 Å². The lowest BCUT2D eigenvalue weighted by Gasteiger charge is -2.08. The number of aryl methyl sites for hydroxylation is 1. The minimum atomic E-state index is -1.21. The smallest absolute Gasteiger partial charge is 0.0632 e. The molecule has 0 amide bonds. The van der Waals surface area contributed by atoms with E-state index < -0.39 is 10.8 Å². The van der Waals surface area contributed by atoms with Crippen molar-refractivity contribution < 1.29 is 4.21 Å². The third-order valence-corrected chi connectivity index (χ3v) is 4.98. The number of nitrogens with two attached hydrogens (primary N) is 1. The Labute approximate surface area is 128 Å². The Balaban J connectivity index is 2.28. The predicted octanol–water partition coefficient (Wildman–Crippen LogP) is 4.30. The molecule has 0 fully saturated rings. The molecule has 2 nitrogen and oxygen atoms in total. The van der Waals surface area contributed by atoms with Gasteiger partial charge in [0.15, 0.2) is 0 Å². The first kappa shape index (κ1) is 14.6. The fraction of sp³-hybridized carbons (Fsp3) is 0.143. The summed E-state index contributed by atoms with van der Waals surface area (Å²) < 4.78 is 13.2. The van der Waals surface area contributed by atoms with Gasteiger partial charge in [-0.2, -0.15) is 0 Å². The Hall–Kier alpha value is -0.840. The van der Waals surface area contributed by atoms with Crippen molar-refractivity contribution in [2.24, 2.45) is 0 Å². The average Bonchev–Trinajstić information content (AvgIpc) is 2.35. The highest BCUT2D eigenvalue weighted by molar-refractivity contribution is 9.10. The molecular formula is C14H13BrClNOS. The highest BCUT2D eigenvalue weighted by Crippen LogP contribution is 2.26. The number of halogens is 2. The first-order valence-corrected chi connectivity index (χ1v) is 8.15. The maximum atomic E-state index is 12.4. The van der Waals surface area contributed by atoms with Gasteiger partial charge in [0, 0.05) is 15.2 Å². The molecule has 1 atom stereocenters. The quantitative estimate of drug-likeness (QED) is 0.831. The topological polar surface area (TPSA) is 43.1 Å². The lowest BCUT2D eigenvalue weighted by molar-refractivity contribution is 0.683. The molecule has 0 heterocycles. The first-order valence-electron chi connectivity index (χ1n) is 5.66. The fourth-order valence-electron chi connectivity index (χ4n) is 1.69. The minimum Gasteiger partial charge on any atom is -0.398 e. The number of hydrogen-bond donors (Lipinski definition) is 1. The zero-order valence-corrected chi connectivity index (χ0v) is 13.5. The summed E-state index contributed by atoms with van der Waals surface area (Å²) >= 11 is 9.52. The maximum Gasteiger partial charge on any atom is 0.0632 e. The second-order valence-electron chi connectivity index (χ2n) is 4.27. The van der Waals surface area contributed by atoms with Crippen LogP contribution in [0.3, 0.4) is 0 Å². The third-order valence-electron chi connectivity index (χ3n) is 2.72. The van der Waals surface area contributed by atoms with E-state index in [1.165, 1.54) is 0 Å². The van der Waals surface area contributed by atoms with Crippen LogP contribution in [0.1, 0.15) is 11.1 Å². The minimum absolute atomic E-state index is 0.361. The molecule has 0 spiro atoms. The van der Waals surface area contributed by atoms with Crippen LogP contribution in [0.5, 0.6) is 0 Å². The van der Waals surface area contributed by atoms with Crippen LogP contribution in [0, 0.1) is 6.92 Å². The number of hydrogen-bond acceptors (Lipinski definition) is 2. The molecule has 0 radical (unpaired) electrons. The summed E-state index contributed by atoms with van der Waals surface area (Å²) in [5, 5.41) is 0.641. The summed E-state index contributed by atoms with van der Waals surface area (Å²) in [5.74, 6) is 0.361. The Morgan fingerprint density at radius 2 is 2.00 bits per heavy atom. The van der Waals surface area contributed by atoms with E-state index in [2.05, 4.69) is 15.9 Å². The van der Waals surface area contributed by atoms with Crippen LogP contribution in [0.15, 0.2) is 45.8 Å².